The third-order valence-corrected chi connectivity index (χ3v) is 2.45. The van der Waals surface area contributed by atoms with Crippen molar-refractivity contribution in [1.82, 2.24) is 0 Å². The van der Waals surface area contributed by atoms with Crippen LogP contribution in [0.3, 0.4) is 0 Å². The highest BCUT2D eigenvalue weighted by molar-refractivity contribution is 5.70. The summed E-state index contributed by atoms with van der Waals surface area (Å²) < 4.78 is 4.62. The van der Waals surface area contributed by atoms with E-state index in [0.29, 0.717) is 19.3 Å². The molecule has 0 unspecified atom stereocenters. The smallest absolute Gasteiger partial charge is 0.311 e. The van der Waals surface area contributed by atoms with Gasteiger partial charge in [-0.3, -0.25) is 9.59 Å². The summed E-state index contributed by atoms with van der Waals surface area (Å²) in [4.78, 5) is 21.3. The largest absolute Gasteiger partial charge is 0.481 e. The van der Waals surface area contributed by atoms with Gasteiger partial charge in [0.05, 0.1) is 13.0 Å². The van der Waals surface area contributed by atoms with Crippen LogP contribution in [0.1, 0.15) is 51.9 Å². The molecule has 18 heavy (non-hydrogen) atoms. The molecule has 6 nitrogen and oxygen atoms in total. The SMILES string of the molecule is CCOC(=O)CC(O)(O)CCCCCCC(=O)O. The van der Waals surface area contributed by atoms with Crippen LogP contribution in [0.5, 0.6) is 0 Å². The van der Waals surface area contributed by atoms with Gasteiger partial charge >= 0.3 is 11.9 Å². The Bertz CT molecular complexity index is 261. The van der Waals surface area contributed by atoms with Crippen molar-refractivity contribution in [2.24, 2.45) is 0 Å². The highest BCUT2D eigenvalue weighted by atomic mass is 16.5. The topological polar surface area (TPSA) is 104 Å². The molecule has 0 fully saturated rings. The highest BCUT2D eigenvalue weighted by Crippen LogP contribution is 2.17. The molecular weight excluding hydrogens is 240 g/mol. The van der Waals surface area contributed by atoms with Crippen molar-refractivity contribution < 1.29 is 29.6 Å². The summed E-state index contributed by atoms with van der Waals surface area (Å²) >= 11 is 0. The van der Waals surface area contributed by atoms with Crippen LogP contribution in [0.4, 0.5) is 0 Å². The quantitative estimate of drug-likeness (QED) is 0.309. The van der Waals surface area contributed by atoms with E-state index < -0.39 is 24.1 Å². The second-order valence-electron chi connectivity index (χ2n) is 4.27. The monoisotopic (exact) mass is 262 g/mol. The molecule has 0 aliphatic rings. The maximum absolute atomic E-state index is 11.1. The van der Waals surface area contributed by atoms with Gasteiger partial charge in [0.25, 0.3) is 0 Å². The number of ether oxygens (including phenoxy) is 1. The molecule has 0 spiro atoms. The Hall–Kier alpha value is -1.14. The number of aliphatic hydroxyl groups is 2. The first kappa shape index (κ1) is 16.9. The summed E-state index contributed by atoms with van der Waals surface area (Å²) in [5, 5.41) is 27.5. The fourth-order valence-corrected chi connectivity index (χ4v) is 1.57. The summed E-state index contributed by atoms with van der Waals surface area (Å²) in [5.41, 5.74) is 0. The third-order valence-electron chi connectivity index (χ3n) is 2.45. The van der Waals surface area contributed by atoms with Crippen molar-refractivity contribution in [3.05, 3.63) is 0 Å². The second-order valence-corrected chi connectivity index (χ2v) is 4.27. The van der Waals surface area contributed by atoms with Crippen molar-refractivity contribution in [3.8, 4) is 0 Å². The minimum absolute atomic E-state index is 0.0822. The van der Waals surface area contributed by atoms with Gasteiger partial charge in [-0.25, -0.2) is 0 Å². The molecule has 0 saturated heterocycles. The summed E-state index contributed by atoms with van der Waals surface area (Å²) in [5.74, 6) is -3.48. The van der Waals surface area contributed by atoms with Gasteiger partial charge in [0, 0.05) is 12.8 Å². The molecule has 0 aliphatic heterocycles. The van der Waals surface area contributed by atoms with E-state index in [2.05, 4.69) is 4.74 Å². The Balaban J connectivity index is 3.63. The average molecular weight is 262 g/mol. The Labute approximate surface area is 107 Å². The first-order valence-electron chi connectivity index (χ1n) is 6.19. The van der Waals surface area contributed by atoms with E-state index in [-0.39, 0.29) is 19.4 Å². The maximum atomic E-state index is 11.1. The fourth-order valence-electron chi connectivity index (χ4n) is 1.57. The summed E-state index contributed by atoms with van der Waals surface area (Å²) in [6.07, 6.45) is 2.32. The van der Waals surface area contributed by atoms with Crippen molar-refractivity contribution in [2.75, 3.05) is 6.61 Å². The number of hydrogen-bond donors (Lipinski definition) is 3. The number of carboxylic acids is 1. The average Bonchev–Trinajstić information content (AvgIpc) is 2.22. The molecule has 0 saturated carbocycles. The number of carbonyl (C=O) groups is 2. The van der Waals surface area contributed by atoms with Crippen LogP contribution in [-0.2, 0) is 14.3 Å². The van der Waals surface area contributed by atoms with Crippen LogP contribution in [0, 0.1) is 0 Å². The molecule has 0 aliphatic carbocycles. The van der Waals surface area contributed by atoms with E-state index in [0.717, 1.165) is 6.42 Å². The van der Waals surface area contributed by atoms with E-state index in [1.54, 1.807) is 6.92 Å². The Kier molecular flexibility index (Phi) is 8.32. The molecular formula is C12H22O6. The first-order valence-corrected chi connectivity index (χ1v) is 6.19. The molecule has 0 aromatic carbocycles. The molecule has 0 aromatic heterocycles. The van der Waals surface area contributed by atoms with Gasteiger partial charge in [-0.1, -0.05) is 12.8 Å². The number of carboxylic acid groups (broad SMARTS) is 1. The van der Waals surface area contributed by atoms with E-state index >= 15 is 0 Å². The molecule has 106 valence electrons. The molecule has 0 radical (unpaired) electrons. The van der Waals surface area contributed by atoms with Crippen LogP contribution in [0.15, 0.2) is 0 Å². The lowest BCUT2D eigenvalue weighted by atomic mass is 10.0. The standard InChI is InChI=1S/C12H22O6/c1-2-18-11(15)9-12(16,17)8-6-4-3-5-7-10(13)14/h16-17H,2-9H2,1H3,(H,13,14). The summed E-state index contributed by atoms with van der Waals surface area (Å²) in [6.45, 7) is 1.86. The maximum Gasteiger partial charge on any atom is 0.311 e. The van der Waals surface area contributed by atoms with Gasteiger partial charge in [0.2, 0.25) is 0 Å². The van der Waals surface area contributed by atoms with Crippen LogP contribution < -0.4 is 0 Å². The zero-order chi connectivity index (χ0) is 14.0. The first-order chi connectivity index (χ1) is 8.37. The minimum atomic E-state index is -2.03. The lowest BCUT2D eigenvalue weighted by Gasteiger charge is -2.20. The fraction of sp³-hybridized carbons (Fsp3) is 0.833. The van der Waals surface area contributed by atoms with Crippen LogP contribution in [0.25, 0.3) is 0 Å². The second kappa shape index (κ2) is 8.88. The van der Waals surface area contributed by atoms with Gasteiger partial charge in [-0.05, 0) is 19.8 Å². The van der Waals surface area contributed by atoms with Gasteiger partial charge < -0.3 is 20.1 Å². The predicted octanol–water partition coefficient (Wildman–Crippen LogP) is 1.05. The molecule has 0 aromatic rings. The number of aliphatic carboxylic acids is 1. The summed E-state index contributed by atoms with van der Waals surface area (Å²) in [7, 11) is 0. The number of carbonyl (C=O) groups excluding carboxylic acids is 1. The number of unbranched alkanes of at least 4 members (excludes halogenated alkanes) is 3. The van der Waals surface area contributed by atoms with Crippen LogP contribution in [0.2, 0.25) is 0 Å². The lowest BCUT2D eigenvalue weighted by molar-refractivity contribution is -0.187. The van der Waals surface area contributed by atoms with Gasteiger partial charge in [0.15, 0.2) is 5.79 Å². The van der Waals surface area contributed by atoms with E-state index in [1.165, 1.54) is 0 Å². The molecule has 0 atom stereocenters. The number of esters is 1. The molecule has 0 heterocycles. The van der Waals surface area contributed by atoms with Crippen molar-refractivity contribution in [3.63, 3.8) is 0 Å². The zero-order valence-electron chi connectivity index (χ0n) is 10.7. The normalized spacial score (nSPS) is 11.3. The van der Waals surface area contributed by atoms with Gasteiger partial charge in [-0.2, -0.15) is 0 Å². The number of hydrogen-bond acceptors (Lipinski definition) is 5. The Morgan fingerprint density at radius 1 is 1.11 bits per heavy atom. The molecule has 0 bridgehead atoms. The highest BCUT2D eigenvalue weighted by Gasteiger charge is 2.26. The molecule has 3 N–H and O–H groups in total. The van der Waals surface area contributed by atoms with Crippen molar-refractivity contribution in [1.29, 1.82) is 0 Å². The third kappa shape index (κ3) is 10.0. The van der Waals surface area contributed by atoms with E-state index in [1.807, 2.05) is 0 Å². The van der Waals surface area contributed by atoms with Crippen LogP contribution >= 0.6 is 0 Å². The van der Waals surface area contributed by atoms with Crippen molar-refractivity contribution >= 4 is 11.9 Å². The number of rotatable bonds is 10. The van der Waals surface area contributed by atoms with Gasteiger partial charge in [-0.15, -0.1) is 0 Å². The lowest BCUT2D eigenvalue weighted by Crippen LogP contribution is -2.32. The van der Waals surface area contributed by atoms with Crippen LogP contribution in [-0.4, -0.2) is 39.7 Å². The minimum Gasteiger partial charge on any atom is -0.481 e. The Morgan fingerprint density at radius 2 is 1.72 bits per heavy atom. The van der Waals surface area contributed by atoms with E-state index in [4.69, 9.17) is 5.11 Å². The Morgan fingerprint density at radius 3 is 2.28 bits per heavy atom. The zero-order valence-corrected chi connectivity index (χ0v) is 10.7. The molecule has 6 heteroatoms. The van der Waals surface area contributed by atoms with Crippen molar-refractivity contribution in [2.45, 2.75) is 57.7 Å². The molecule has 0 rings (SSSR count). The van der Waals surface area contributed by atoms with Gasteiger partial charge in [0.1, 0.15) is 0 Å². The van der Waals surface area contributed by atoms with E-state index in [9.17, 15) is 19.8 Å². The molecule has 0 amide bonds. The summed E-state index contributed by atoms with van der Waals surface area (Å²) in [6, 6.07) is 0. The predicted molar refractivity (Wildman–Crippen MR) is 63.8 cm³/mol.